The molecular weight excluding hydrogens is 564 g/mol. The lowest BCUT2D eigenvalue weighted by Crippen LogP contribution is -2.64. The van der Waals surface area contributed by atoms with E-state index in [0.29, 0.717) is 0 Å². The molecule has 0 radical (unpaired) electrons. The summed E-state index contributed by atoms with van der Waals surface area (Å²) in [4.78, 5) is 0. The van der Waals surface area contributed by atoms with Gasteiger partial charge in [-0.2, -0.15) is 0 Å². The van der Waals surface area contributed by atoms with Crippen LogP contribution in [0.1, 0.15) is 24.2 Å². The van der Waals surface area contributed by atoms with Gasteiger partial charge >= 0.3 is 0 Å². The van der Waals surface area contributed by atoms with Crippen molar-refractivity contribution in [2.24, 2.45) is 0 Å². The lowest BCUT2D eigenvalue weighted by Gasteiger charge is -2.46. The van der Waals surface area contributed by atoms with E-state index in [4.69, 9.17) is 23.7 Å². The van der Waals surface area contributed by atoms with Crippen molar-refractivity contribution < 1.29 is 74.7 Å². The highest BCUT2D eigenvalue weighted by Crippen LogP contribution is 2.45. The van der Waals surface area contributed by atoms with Gasteiger partial charge in [-0.05, 0) is 25.1 Å². The number of hydrogen-bond donors (Lipinski definition) is 10. The lowest BCUT2D eigenvalue weighted by molar-refractivity contribution is -0.361. The van der Waals surface area contributed by atoms with Crippen LogP contribution in [0.3, 0.4) is 0 Å². The van der Waals surface area contributed by atoms with Gasteiger partial charge < -0.3 is 74.7 Å². The maximum Gasteiger partial charge on any atom is 0.229 e. The third kappa shape index (κ3) is 5.54. The molecule has 2 aromatic rings. The lowest BCUT2D eigenvalue weighted by atomic mass is 9.97. The van der Waals surface area contributed by atoms with Gasteiger partial charge in [-0.15, -0.1) is 0 Å². The summed E-state index contributed by atoms with van der Waals surface area (Å²) in [5, 5.41) is 102. The zero-order valence-electron chi connectivity index (χ0n) is 22.0. The molecule has 0 saturated carbocycles. The molecular formula is C27H32O15. The van der Waals surface area contributed by atoms with Crippen LogP contribution in [0.4, 0.5) is 0 Å². The van der Waals surface area contributed by atoms with E-state index in [9.17, 15) is 51.1 Å². The van der Waals surface area contributed by atoms with Crippen molar-refractivity contribution >= 4 is 6.08 Å². The van der Waals surface area contributed by atoms with Crippen molar-refractivity contribution in [3.05, 3.63) is 47.2 Å². The van der Waals surface area contributed by atoms with E-state index in [1.807, 2.05) is 0 Å². The number of phenolic OH excluding ortho intramolecular Hbond substituents is 4. The number of aliphatic hydroxyl groups excluding tert-OH is 6. The molecule has 0 spiro atoms. The third-order valence-electron chi connectivity index (χ3n) is 7.37. The Balaban J connectivity index is 1.52. The van der Waals surface area contributed by atoms with Crippen LogP contribution in [0.25, 0.3) is 6.08 Å². The first kappa shape index (κ1) is 30.1. The molecule has 11 unspecified atom stereocenters. The SMILES string of the molecule is CC1OC(OC2C(OC3=Cc4c(O)cc(O)cc4OC3c3ccc(O)c(O)c3)OC(CO)C(O)C2O)C(O)C(O)C1O. The van der Waals surface area contributed by atoms with E-state index in [-0.39, 0.29) is 34.1 Å². The number of hydrogen-bond acceptors (Lipinski definition) is 15. The first-order chi connectivity index (χ1) is 19.9. The van der Waals surface area contributed by atoms with Gasteiger partial charge in [-0.1, -0.05) is 6.07 Å². The highest BCUT2D eigenvalue weighted by molar-refractivity contribution is 5.69. The van der Waals surface area contributed by atoms with Gasteiger partial charge in [0.05, 0.1) is 18.3 Å². The second kappa shape index (κ2) is 11.7. The smallest absolute Gasteiger partial charge is 0.229 e. The van der Waals surface area contributed by atoms with Gasteiger partial charge in [0.1, 0.15) is 59.6 Å². The molecule has 3 aliphatic rings. The highest BCUT2D eigenvalue weighted by Gasteiger charge is 2.51. The van der Waals surface area contributed by atoms with E-state index in [2.05, 4.69) is 0 Å². The Bertz CT molecular complexity index is 1320. The summed E-state index contributed by atoms with van der Waals surface area (Å²) < 4.78 is 29.0. The van der Waals surface area contributed by atoms with Gasteiger partial charge in [-0.3, -0.25) is 0 Å². The molecule has 15 nitrogen and oxygen atoms in total. The minimum atomic E-state index is -1.80. The summed E-state index contributed by atoms with van der Waals surface area (Å²) in [5.41, 5.74) is 0.307. The van der Waals surface area contributed by atoms with E-state index < -0.39 is 85.6 Å². The zero-order valence-corrected chi connectivity index (χ0v) is 22.0. The Kier molecular flexibility index (Phi) is 8.39. The fraction of sp³-hybridized carbons (Fsp3) is 0.481. The maximum atomic E-state index is 10.9. The van der Waals surface area contributed by atoms with Gasteiger partial charge in [0.25, 0.3) is 0 Å². The average Bonchev–Trinajstić information content (AvgIpc) is 2.95. The molecule has 0 aliphatic carbocycles. The molecule has 0 bridgehead atoms. The Morgan fingerprint density at radius 3 is 2.19 bits per heavy atom. The second-order valence-corrected chi connectivity index (χ2v) is 10.3. The van der Waals surface area contributed by atoms with Gasteiger partial charge in [0.2, 0.25) is 6.29 Å². The molecule has 3 aliphatic heterocycles. The van der Waals surface area contributed by atoms with Crippen molar-refractivity contribution in [1.82, 2.24) is 0 Å². The van der Waals surface area contributed by atoms with Crippen molar-refractivity contribution in [3.8, 4) is 28.7 Å². The summed E-state index contributed by atoms with van der Waals surface area (Å²) >= 11 is 0. The summed E-state index contributed by atoms with van der Waals surface area (Å²) in [6, 6.07) is 6.04. The van der Waals surface area contributed by atoms with E-state index >= 15 is 0 Å². The van der Waals surface area contributed by atoms with Crippen molar-refractivity contribution in [1.29, 1.82) is 0 Å². The van der Waals surface area contributed by atoms with E-state index in [1.165, 1.54) is 37.3 Å². The number of fused-ring (bicyclic) bond motifs is 1. The topological polar surface area (TPSA) is 248 Å². The molecule has 10 N–H and O–H groups in total. The van der Waals surface area contributed by atoms with Crippen LogP contribution in [0, 0.1) is 0 Å². The molecule has 2 saturated heterocycles. The number of ether oxygens (including phenoxy) is 5. The predicted octanol–water partition coefficient (Wildman–Crippen LogP) is -1.35. The molecule has 42 heavy (non-hydrogen) atoms. The number of aromatic hydroxyl groups is 4. The van der Waals surface area contributed by atoms with Crippen LogP contribution >= 0.6 is 0 Å². The first-order valence-electron chi connectivity index (χ1n) is 13.0. The molecule has 5 rings (SSSR count). The minimum Gasteiger partial charge on any atom is -0.508 e. The largest absolute Gasteiger partial charge is 0.508 e. The molecule has 3 heterocycles. The molecule has 15 heteroatoms. The summed E-state index contributed by atoms with van der Waals surface area (Å²) in [6.45, 7) is 0.668. The first-order valence-corrected chi connectivity index (χ1v) is 13.0. The summed E-state index contributed by atoms with van der Waals surface area (Å²) in [5.74, 6) is -1.70. The zero-order chi connectivity index (χ0) is 30.5. The fourth-order valence-corrected chi connectivity index (χ4v) is 4.99. The fourth-order valence-electron chi connectivity index (χ4n) is 4.99. The Hall–Kier alpha value is -3.38. The van der Waals surface area contributed by atoms with Gasteiger partial charge in [-0.25, -0.2) is 0 Å². The Morgan fingerprint density at radius 2 is 1.50 bits per heavy atom. The van der Waals surface area contributed by atoms with Crippen LogP contribution in [0.5, 0.6) is 28.7 Å². The minimum absolute atomic E-state index is 0.0266. The molecule has 230 valence electrons. The molecule has 0 aromatic heterocycles. The number of benzene rings is 2. The molecule has 2 aromatic carbocycles. The Morgan fingerprint density at radius 1 is 0.762 bits per heavy atom. The van der Waals surface area contributed by atoms with Crippen LogP contribution in [-0.4, -0.2) is 119 Å². The van der Waals surface area contributed by atoms with Crippen molar-refractivity contribution in [2.45, 2.75) is 74.4 Å². The number of phenols is 4. The van der Waals surface area contributed by atoms with Crippen molar-refractivity contribution in [3.63, 3.8) is 0 Å². The molecule has 0 amide bonds. The Labute approximate surface area is 238 Å². The van der Waals surface area contributed by atoms with Gasteiger partial charge in [0, 0.05) is 17.7 Å². The maximum absolute atomic E-state index is 10.9. The molecule has 11 atom stereocenters. The van der Waals surface area contributed by atoms with Crippen LogP contribution in [0.15, 0.2) is 36.1 Å². The van der Waals surface area contributed by atoms with Crippen LogP contribution < -0.4 is 4.74 Å². The van der Waals surface area contributed by atoms with E-state index in [1.54, 1.807) is 0 Å². The normalized spacial score (nSPS) is 36.5. The predicted molar refractivity (Wildman–Crippen MR) is 137 cm³/mol. The second-order valence-electron chi connectivity index (χ2n) is 10.3. The number of aliphatic hydroxyl groups is 6. The van der Waals surface area contributed by atoms with Gasteiger partial charge in [0.15, 0.2) is 30.0 Å². The summed E-state index contributed by atoms with van der Waals surface area (Å²) in [7, 11) is 0. The van der Waals surface area contributed by atoms with Crippen molar-refractivity contribution in [2.75, 3.05) is 6.61 Å². The standard InChI is InChI=1S/C27H32O15/c1-9-19(33)21(35)23(37)26(38-9)42-25-22(36)20(34)18(8-28)41-27(25)40-17-7-12-14(31)5-11(29)6-16(12)39-24(17)10-2-3-13(30)15(32)4-10/h2-7,9,18-37H,8H2,1H3. The van der Waals surface area contributed by atoms with Crippen LogP contribution in [-0.2, 0) is 18.9 Å². The number of rotatable bonds is 6. The quantitative estimate of drug-likeness (QED) is 0.173. The average molecular weight is 597 g/mol. The molecule has 2 fully saturated rings. The highest BCUT2D eigenvalue weighted by atomic mass is 16.8. The van der Waals surface area contributed by atoms with E-state index in [0.717, 1.165) is 6.07 Å². The third-order valence-corrected chi connectivity index (χ3v) is 7.37. The van der Waals surface area contributed by atoms with Crippen LogP contribution in [0.2, 0.25) is 0 Å². The monoisotopic (exact) mass is 596 g/mol. The summed E-state index contributed by atoms with van der Waals surface area (Å²) in [6.07, 6.45) is -15.6.